The number of unbranched alkanes of at least 4 members (excludes halogenated alkanes) is 12. The summed E-state index contributed by atoms with van der Waals surface area (Å²) < 4.78 is 0. The third-order valence-corrected chi connectivity index (χ3v) is 6.06. The molecule has 0 rings (SSSR count). The van der Waals surface area contributed by atoms with Crippen LogP contribution in [-0.4, -0.2) is 0 Å². The number of rotatable bonds is 17. The first-order valence-electron chi connectivity index (χ1n) is 10.7. The third kappa shape index (κ3) is 11.6. The zero-order valence-electron chi connectivity index (χ0n) is 16.5. The van der Waals surface area contributed by atoms with Crippen molar-refractivity contribution in [1.82, 2.24) is 0 Å². The second-order valence-electron chi connectivity index (χ2n) is 7.55. The van der Waals surface area contributed by atoms with Gasteiger partial charge in [0.1, 0.15) is 0 Å². The van der Waals surface area contributed by atoms with E-state index >= 15 is 0 Å². The van der Waals surface area contributed by atoms with Crippen molar-refractivity contribution in [1.29, 1.82) is 0 Å². The first-order valence-corrected chi connectivity index (χ1v) is 10.7. The molecule has 0 spiro atoms. The summed E-state index contributed by atoms with van der Waals surface area (Å²) in [5.41, 5.74) is 0.664. The number of hydrogen-bond donors (Lipinski definition) is 0. The molecule has 0 atom stereocenters. The number of hydrogen-bond acceptors (Lipinski definition) is 0. The van der Waals surface area contributed by atoms with Crippen molar-refractivity contribution >= 4 is 0 Å². The van der Waals surface area contributed by atoms with Crippen molar-refractivity contribution in [2.75, 3.05) is 0 Å². The summed E-state index contributed by atoms with van der Waals surface area (Å²) in [6.45, 7) is 9.45. The summed E-state index contributed by atoms with van der Waals surface area (Å²) in [4.78, 5) is 0. The fourth-order valence-corrected chi connectivity index (χ4v) is 3.80. The van der Waals surface area contributed by atoms with Crippen LogP contribution in [-0.2, 0) is 0 Å². The van der Waals surface area contributed by atoms with Gasteiger partial charge < -0.3 is 0 Å². The largest absolute Gasteiger partial charge is 0.0654 e. The smallest absolute Gasteiger partial charge is 0.0305 e. The molecule has 0 unspecified atom stereocenters. The molecule has 0 aromatic carbocycles. The zero-order chi connectivity index (χ0) is 16.5. The van der Waals surface area contributed by atoms with Crippen LogP contribution in [0.1, 0.15) is 137 Å². The van der Waals surface area contributed by atoms with Gasteiger partial charge in [0.2, 0.25) is 0 Å². The molecule has 0 saturated heterocycles. The van der Waals surface area contributed by atoms with Crippen LogP contribution >= 0.6 is 0 Å². The molecule has 0 heteroatoms. The Bertz CT molecular complexity index is 194. The van der Waals surface area contributed by atoms with Gasteiger partial charge in [-0.05, 0) is 11.8 Å². The van der Waals surface area contributed by atoms with Crippen LogP contribution in [0.2, 0.25) is 0 Å². The van der Waals surface area contributed by atoms with Gasteiger partial charge in [0.05, 0.1) is 0 Å². The van der Waals surface area contributed by atoms with Crippen LogP contribution in [0, 0.1) is 5.41 Å². The van der Waals surface area contributed by atoms with Gasteiger partial charge in [-0.2, -0.15) is 0 Å². The molecule has 0 aromatic rings. The molecular formula is C22H46. The van der Waals surface area contributed by atoms with Crippen LogP contribution in [0.4, 0.5) is 0 Å². The van der Waals surface area contributed by atoms with Crippen LogP contribution < -0.4 is 0 Å². The summed E-state index contributed by atoms with van der Waals surface area (Å²) in [6.07, 6.45) is 24.6. The summed E-state index contributed by atoms with van der Waals surface area (Å²) >= 11 is 0. The summed E-state index contributed by atoms with van der Waals surface area (Å²) in [5, 5.41) is 0. The summed E-state index contributed by atoms with van der Waals surface area (Å²) in [5.74, 6) is 0. The first-order chi connectivity index (χ1) is 10.7. The maximum Gasteiger partial charge on any atom is -0.0305 e. The SMILES string of the molecule is CCCCCCCCCCCCCCCC(CC)(CC)CC. The molecule has 0 heterocycles. The molecule has 22 heavy (non-hydrogen) atoms. The highest BCUT2D eigenvalue weighted by molar-refractivity contribution is 4.74. The Morgan fingerprint density at radius 3 is 1.05 bits per heavy atom. The van der Waals surface area contributed by atoms with Gasteiger partial charge in [-0.15, -0.1) is 0 Å². The fraction of sp³-hybridized carbons (Fsp3) is 1.00. The normalized spacial score (nSPS) is 12.0. The lowest BCUT2D eigenvalue weighted by atomic mass is 9.75. The highest BCUT2D eigenvalue weighted by atomic mass is 14.3. The predicted molar refractivity (Wildman–Crippen MR) is 104 cm³/mol. The topological polar surface area (TPSA) is 0 Å². The molecule has 0 fully saturated rings. The van der Waals surface area contributed by atoms with E-state index in [-0.39, 0.29) is 0 Å². The van der Waals surface area contributed by atoms with Crippen LogP contribution in [0.3, 0.4) is 0 Å². The van der Waals surface area contributed by atoms with Crippen molar-refractivity contribution in [2.24, 2.45) is 5.41 Å². The maximum atomic E-state index is 2.38. The van der Waals surface area contributed by atoms with Crippen LogP contribution in [0.5, 0.6) is 0 Å². The fourth-order valence-electron chi connectivity index (χ4n) is 3.80. The van der Waals surface area contributed by atoms with E-state index in [1.807, 2.05) is 0 Å². The van der Waals surface area contributed by atoms with Gasteiger partial charge in [0.25, 0.3) is 0 Å². The van der Waals surface area contributed by atoms with Crippen molar-refractivity contribution in [3.8, 4) is 0 Å². The minimum atomic E-state index is 0.664. The monoisotopic (exact) mass is 310 g/mol. The minimum absolute atomic E-state index is 0.664. The van der Waals surface area contributed by atoms with E-state index < -0.39 is 0 Å². The molecule has 0 radical (unpaired) electrons. The molecule has 0 bridgehead atoms. The lowest BCUT2D eigenvalue weighted by Gasteiger charge is -2.30. The second kappa shape index (κ2) is 15.9. The van der Waals surface area contributed by atoms with Crippen LogP contribution in [0.15, 0.2) is 0 Å². The standard InChI is InChI=1S/C22H46/c1-5-9-10-11-12-13-14-15-16-17-18-19-20-21-22(6-2,7-3)8-4/h5-21H2,1-4H3. The first kappa shape index (κ1) is 22.0. The van der Waals surface area contributed by atoms with Gasteiger partial charge in [-0.1, -0.05) is 130 Å². The van der Waals surface area contributed by atoms with Gasteiger partial charge in [0.15, 0.2) is 0 Å². The molecule has 0 aliphatic carbocycles. The Balaban J connectivity index is 3.27. The van der Waals surface area contributed by atoms with E-state index in [2.05, 4.69) is 27.7 Å². The Hall–Kier alpha value is 0. The van der Waals surface area contributed by atoms with E-state index in [4.69, 9.17) is 0 Å². The van der Waals surface area contributed by atoms with Crippen molar-refractivity contribution in [3.63, 3.8) is 0 Å². The highest BCUT2D eigenvalue weighted by Crippen LogP contribution is 2.36. The molecule has 0 amide bonds. The molecule has 134 valence electrons. The quantitative estimate of drug-likeness (QED) is 0.236. The Kier molecular flexibility index (Phi) is 15.9. The lowest BCUT2D eigenvalue weighted by Crippen LogP contribution is -2.17. The van der Waals surface area contributed by atoms with Crippen molar-refractivity contribution in [3.05, 3.63) is 0 Å². The van der Waals surface area contributed by atoms with E-state index in [1.165, 1.54) is 109 Å². The molecule has 0 aliphatic rings. The molecule has 0 aliphatic heterocycles. The maximum absolute atomic E-state index is 2.38. The van der Waals surface area contributed by atoms with Crippen molar-refractivity contribution < 1.29 is 0 Å². The average Bonchev–Trinajstić information content (AvgIpc) is 2.56. The Morgan fingerprint density at radius 1 is 0.409 bits per heavy atom. The Labute approximate surface area is 142 Å². The molecule has 0 nitrogen and oxygen atoms in total. The van der Waals surface area contributed by atoms with E-state index in [9.17, 15) is 0 Å². The second-order valence-corrected chi connectivity index (χ2v) is 7.55. The minimum Gasteiger partial charge on any atom is -0.0654 e. The zero-order valence-corrected chi connectivity index (χ0v) is 16.5. The van der Waals surface area contributed by atoms with Gasteiger partial charge >= 0.3 is 0 Å². The van der Waals surface area contributed by atoms with Crippen molar-refractivity contribution in [2.45, 2.75) is 137 Å². The third-order valence-electron chi connectivity index (χ3n) is 6.06. The van der Waals surface area contributed by atoms with Gasteiger partial charge in [-0.25, -0.2) is 0 Å². The molecule has 0 N–H and O–H groups in total. The van der Waals surface area contributed by atoms with E-state index in [1.54, 1.807) is 0 Å². The predicted octanol–water partition coefficient (Wildman–Crippen LogP) is 8.68. The summed E-state index contributed by atoms with van der Waals surface area (Å²) in [7, 11) is 0. The van der Waals surface area contributed by atoms with E-state index in [0.29, 0.717) is 5.41 Å². The molecule has 0 aromatic heterocycles. The van der Waals surface area contributed by atoms with Crippen LogP contribution in [0.25, 0.3) is 0 Å². The van der Waals surface area contributed by atoms with Gasteiger partial charge in [0, 0.05) is 0 Å². The summed E-state index contributed by atoms with van der Waals surface area (Å²) in [6, 6.07) is 0. The highest BCUT2D eigenvalue weighted by Gasteiger charge is 2.22. The van der Waals surface area contributed by atoms with E-state index in [0.717, 1.165) is 0 Å². The average molecular weight is 311 g/mol. The molecular weight excluding hydrogens is 264 g/mol. The lowest BCUT2D eigenvalue weighted by molar-refractivity contribution is 0.220. The molecule has 0 saturated carbocycles. The van der Waals surface area contributed by atoms with Gasteiger partial charge in [-0.3, -0.25) is 0 Å². The Morgan fingerprint density at radius 2 is 0.727 bits per heavy atom.